The molecule has 0 aromatic carbocycles. The van der Waals surface area contributed by atoms with E-state index in [1.54, 1.807) is 17.7 Å². The Balaban J connectivity index is 1.89. The van der Waals surface area contributed by atoms with Gasteiger partial charge >= 0.3 is 0 Å². The fourth-order valence-electron chi connectivity index (χ4n) is 2.68. The van der Waals surface area contributed by atoms with Crippen molar-refractivity contribution in [1.29, 1.82) is 0 Å². The van der Waals surface area contributed by atoms with Crippen LogP contribution in [-0.4, -0.2) is 29.6 Å². The number of nitrogens with zero attached hydrogens (tertiary/aromatic N) is 3. The van der Waals surface area contributed by atoms with Crippen molar-refractivity contribution in [2.45, 2.75) is 26.7 Å². The number of hydrogen-bond acceptors (Lipinski definition) is 5. The molecule has 0 radical (unpaired) electrons. The van der Waals surface area contributed by atoms with Gasteiger partial charge in [0.15, 0.2) is 0 Å². The summed E-state index contributed by atoms with van der Waals surface area (Å²) in [7, 11) is 0. The van der Waals surface area contributed by atoms with E-state index in [0.29, 0.717) is 5.41 Å². The van der Waals surface area contributed by atoms with Crippen LogP contribution in [0.15, 0.2) is 12.4 Å². The first-order valence-electron chi connectivity index (χ1n) is 6.77. The molecule has 0 bridgehead atoms. The topological polar surface area (TPSA) is 55.0 Å². The molecule has 19 heavy (non-hydrogen) atoms. The molecule has 2 N–H and O–H groups in total. The van der Waals surface area contributed by atoms with Crippen molar-refractivity contribution in [3.63, 3.8) is 0 Å². The predicted molar refractivity (Wildman–Crippen MR) is 80.8 cm³/mol. The Hall–Kier alpha value is -1.20. The molecule has 0 amide bonds. The molecule has 0 aliphatic carbocycles. The number of rotatable bonds is 2. The van der Waals surface area contributed by atoms with Crippen LogP contribution in [0, 0.1) is 12.3 Å². The van der Waals surface area contributed by atoms with Crippen LogP contribution in [0.3, 0.4) is 0 Å². The minimum absolute atomic E-state index is 0.299. The first kappa shape index (κ1) is 12.8. The molecule has 5 heteroatoms. The van der Waals surface area contributed by atoms with E-state index in [1.807, 2.05) is 0 Å². The largest absolute Gasteiger partial charge is 0.356 e. The monoisotopic (exact) mass is 276 g/mol. The Kier molecular flexibility index (Phi) is 3.19. The van der Waals surface area contributed by atoms with Crippen molar-refractivity contribution < 1.29 is 0 Å². The van der Waals surface area contributed by atoms with Crippen LogP contribution < -0.4 is 10.6 Å². The molecule has 1 fully saturated rings. The van der Waals surface area contributed by atoms with Crippen LogP contribution in [0.1, 0.15) is 24.6 Å². The normalized spacial score (nSPS) is 19.0. The maximum atomic E-state index is 5.87. The third kappa shape index (κ3) is 2.32. The van der Waals surface area contributed by atoms with Crippen molar-refractivity contribution in [3.05, 3.63) is 17.3 Å². The highest BCUT2D eigenvalue weighted by molar-refractivity contribution is 7.18. The highest BCUT2D eigenvalue weighted by Crippen LogP contribution is 2.35. The molecule has 2 aromatic rings. The van der Waals surface area contributed by atoms with E-state index in [9.17, 15) is 0 Å². The van der Waals surface area contributed by atoms with E-state index in [-0.39, 0.29) is 0 Å². The van der Waals surface area contributed by atoms with Gasteiger partial charge in [-0.1, -0.05) is 6.92 Å². The van der Waals surface area contributed by atoms with E-state index < -0.39 is 0 Å². The van der Waals surface area contributed by atoms with Gasteiger partial charge in [0.05, 0.1) is 5.39 Å². The Morgan fingerprint density at radius 2 is 2.11 bits per heavy atom. The van der Waals surface area contributed by atoms with Crippen molar-refractivity contribution >= 4 is 27.4 Å². The molecule has 4 nitrogen and oxygen atoms in total. The highest BCUT2D eigenvalue weighted by atomic mass is 32.1. The molecule has 3 heterocycles. The summed E-state index contributed by atoms with van der Waals surface area (Å²) in [5.74, 6) is 1.09. The van der Waals surface area contributed by atoms with E-state index in [0.717, 1.165) is 43.1 Å². The van der Waals surface area contributed by atoms with Crippen LogP contribution in [0.4, 0.5) is 5.82 Å². The molecule has 0 unspecified atom stereocenters. The van der Waals surface area contributed by atoms with Crippen LogP contribution in [0.5, 0.6) is 0 Å². The van der Waals surface area contributed by atoms with Gasteiger partial charge in [0.1, 0.15) is 17.0 Å². The third-order valence-electron chi connectivity index (χ3n) is 4.19. The summed E-state index contributed by atoms with van der Waals surface area (Å²) in [6, 6.07) is 2.20. The van der Waals surface area contributed by atoms with Gasteiger partial charge in [-0.3, -0.25) is 0 Å². The van der Waals surface area contributed by atoms with Gasteiger partial charge < -0.3 is 10.6 Å². The summed E-state index contributed by atoms with van der Waals surface area (Å²) >= 11 is 1.74. The Labute approximate surface area is 117 Å². The number of fused-ring (bicyclic) bond motifs is 1. The number of hydrogen-bond donors (Lipinski definition) is 1. The second-order valence-corrected chi connectivity index (χ2v) is 7.01. The van der Waals surface area contributed by atoms with E-state index in [2.05, 4.69) is 34.8 Å². The minimum Gasteiger partial charge on any atom is -0.356 e. The standard InChI is InChI=1S/C14H20N4S/c1-10-7-11-12(16-9-17-13(11)19-10)18-5-3-14(2,8-15)4-6-18/h7,9H,3-6,8,15H2,1-2H3. The second-order valence-electron chi connectivity index (χ2n) is 5.77. The van der Waals surface area contributed by atoms with E-state index >= 15 is 0 Å². The molecule has 0 spiro atoms. The van der Waals surface area contributed by atoms with Crippen molar-refractivity contribution in [2.75, 3.05) is 24.5 Å². The van der Waals surface area contributed by atoms with Crippen LogP contribution in [-0.2, 0) is 0 Å². The number of aryl methyl sites for hydroxylation is 1. The first-order chi connectivity index (χ1) is 9.11. The lowest BCUT2D eigenvalue weighted by Crippen LogP contribution is -2.42. The lowest BCUT2D eigenvalue weighted by atomic mass is 9.80. The van der Waals surface area contributed by atoms with Crippen LogP contribution >= 0.6 is 11.3 Å². The van der Waals surface area contributed by atoms with E-state index in [4.69, 9.17) is 5.73 Å². The summed E-state index contributed by atoms with van der Waals surface area (Å²) in [4.78, 5) is 13.6. The number of thiophene rings is 1. The molecule has 1 aliphatic heterocycles. The maximum Gasteiger partial charge on any atom is 0.140 e. The zero-order valence-electron chi connectivity index (χ0n) is 11.5. The molecular weight excluding hydrogens is 256 g/mol. The lowest BCUT2D eigenvalue weighted by Gasteiger charge is -2.39. The third-order valence-corrected chi connectivity index (χ3v) is 5.15. The lowest BCUT2D eigenvalue weighted by molar-refractivity contribution is 0.258. The van der Waals surface area contributed by atoms with Gasteiger partial charge in [-0.15, -0.1) is 11.3 Å². The van der Waals surface area contributed by atoms with Crippen LogP contribution in [0.25, 0.3) is 10.2 Å². The van der Waals surface area contributed by atoms with Gasteiger partial charge in [0.2, 0.25) is 0 Å². The number of aromatic nitrogens is 2. The van der Waals surface area contributed by atoms with Gasteiger partial charge in [-0.05, 0) is 37.8 Å². The summed E-state index contributed by atoms with van der Waals surface area (Å²) in [6.45, 7) is 7.26. The highest BCUT2D eigenvalue weighted by Gasteiger charge is 2.29. The van der Waals surface area contributed by atoms with Gasteiger partial charge in [0.25, 0.3) is 0 Å². The van der Waals surface area contributed by atoms with Gasteiger partial charge in [-0.25, -0.2) is 9.97 Å². The molecule has 102 valence electrons. The second kappa shape index (κ2) is 4.72. The minimum atomic E-state index is 0.299. The molecule has 1 aliphatic rings. The Bertz CT molecular complexity index is 584. The smallest absolute Gasteiger partial charge is 0.140 e. The van der Waals surface area contributed by atoms with Gasteiger partial charge in [-0.2, -0.15) is 0 Å². The van der Waals surface area contributed by atoms with Crippen LogP contribution in [0.2, 0.25) is 0 Å². The summed E-state index contributed by atoms with van der Waals surface area (Å²) in [6.07, 6.45) is 3.96. The molecule has 2 aromatic heterocycles. The zero-order chi connectivity index (χ0) is 13.5. The predicted octanol–water partition coefficient (Wildman–Crippen LogP) is 2.56. The molecule has 3 rings (SSSR count). The van der Waals surface area contributed by atoms with Crippen molar-refractivity contribution in [2.24, 2.45) is 11.1 Å². The summed E-state index contributed by atoms with van der Waals surface area (Å²) in [5, 5.41) is 1.20. The number of nitrogens with two attached hydrogens (primary N) is 1. The molecular formula is C14H20N4S. The first-order valence-corrected chi connectivity index (χ1v) is 7.59. The number of piperidine rings is 1. The summed E-state index contributed by atoms with van der Waals surface area (Å²) < 4.78 is 0. The molecule has 0 atom stereocenters. The average Bonchev–Trinajstić information content (AvgIpc) is 2.80. The quantitative estimate of drug-likeness (QED) is 0.916. The number of anilines is 1. The molecule has 0 saturated carbocycles. The Morgan fingerprint density at radius 3 is 2.79 bits per heavy atom. The van der Waals surface area contributed by atoms with Crippen molar-refractivity contribution in [1.82, 2.24) is 9.97 Å². The van der Waals surface area contributed by atoms with Gasteiger partial charge in [0, 0.05) is 18.0 Å². The average molecular weight is 276 g/mol. The van der Waals surface area contributed by atoms with E-state index in [1.165, 1.54) is 10.3 Å². The summed E-state index contributed by atoms with van der Waals surface area (Å²) in [5.41, 5.74) is 6.17. The fraction of sp³-hybridized carbons (Fsp3) is 0.571. The Morgan fingerprint density at radius 1 is 1.37 bits per heavy atom. The SMILES string of the molecule is Cc1cc2c(N3CCC(C)(CN)CC3)ncnc2s1. The maximum absolute atomic E-state index is 5.87. The molecule has 1 saturated heterocycles. The zero-order valence-corrected chi connectivity index (χ0v) is 12.3. The van der Waals surface area contributed by atoms with Crippen molar-refractivity contribution in [3.8, 4) is 0 Å². The fourth-order valence-corrected chi connectivity index (χ4v) is 3.52.